The number of rotatable bonds is 5. The summed E-state index contributed by atoms with van der Waals surface area (Å²) in [6, 6.07) is 2.04. The molecule has 0 aliphatic rings. The minimum Gasteiger partial charge on any atom is -0.311 e. The Bertz CT molecular complexity index is 222. The van der Waals surface area contributed by atoms with Gasteiger partial charge in [0.15, 0.2) is 0 Å². The SMILES string of the molecule is Cn1ccc(CNCCCI)n1. The highest BCUT2D eigenvalue weighted by atomic mass is 127. The second kappa shape index (κ2) is 5.53. The van der Waals surface area contributed by atoms with Crippen LogP contribution in [0.3, 0.4) is 0 Å². The summed E-state index contributed by atoms with van der Waals surface area (Å²) in [5.41, 5.74) is 1.12. The fourth-order valence-corrected chi connectivity index (χ4v) is 1.35. The maximum absolute atomic E-state index is 4.26. The quantitative estimate of drug-likeness (QED) is 0.501. The zero-order valence-electron chi connectivity index (χ0n) is 7.26. The average molecular weight is 279 g/mol. The highest BCUT2D eigenvalue weighted by molar-refractivity contribution is 14.1. The Labute approximate surface area is 86.7 Å². The van der Waals surface area contributed by atoms with Crippen molar-refractivity contribution in [3.63, 3.8) is 0 Å². The van der Waals surface area contributed by atoms with Crippen LogP contribution in [0.15, 0.2) is 12.3 Å². The Morgan fingerprint density at radius 1 is 1.67 bits per heavy atom. The van der Waals surface area contributed by atoms with Crippen LogP contribution in [0.25, 0.3) is 0 Å². The molecule has 0 fully saturated rings. The van der Waals surface area contributed by atoms with E-state index in [9.17, 15) is 0 Å². The first kappa shape index (κ1) is 9.98. The molecule has 12 heavy (non-hydrogen) atoms. The van der Waals surface area contributed by atoms with Crippen molar-refractivity contribution in [1.29, 1.82) is 0 Å². The van der Waals surface area contributed by atoms with Gasteiger partial charge in [0.25, 0.3) is 0 Å². The van der Waals surface area contributed by atoms with Gasteiger partial charge in [0.2, 0.25) is 0 Å². The third-order valence-corrected chi connectivity index (χ3v) is 2.32. The van der Waals surface area contributed by atoms with Gasteiger partial charge < -0.3 is 5.32 Å². The zero-order chi connectivity index (χ0) is 8.81. The normalized spacial score (nSPS) is 10.5. The molecule has 0 saturated carbocycles. The van der Waals surface area contributed by atoms with Crippen LogP contribution in [0.5, 0.6) is 0 Å². The molecule has 0 aliphatic heterocycles. The van der Waals surface area contributed by atoms with Crippen molar-refractivity contribution in [1.82, 2.24) is 15.1 Å². The van der Waals surface area contributed by atoms with Gasteiger partial charge in [-0.2, -0.15) is 5.10 Å². The molecule has 68 valence electrons. The van der Waals surface area contributed by atoms with Crippen molar-refractivity contribution in [2.24, 2.45) is 7.05 Å². The minimum atomic E-state index is 0.886. The van der Waals surface area contributed by atoms with Crippen molar-refractivity contribution in [3.8, 4) is 0 Å². The van der Waals surface area contributed by atoms with E-state index in [1.54, 1.807) is 0 Å². The van der Waals surface area contributed by atoms with Gasteiger partial charge in [0.05, 0.1) is 5.69 Å². The lowest BCUT2D eigenvalue weighted by Crippen LogP contribution is -2.15. The molecule has 0 radical (unpaired) electrons. The van der Waals surface area contributed by atoms with Gasteiger partial charge in [0, 0.05) is 24.2 Å². The molecular formula is C8H14IN3. The van der Waals surface area contributed by atoms with E-state index in [2.05, 4.69) is 33.0 Å². The molecular weight excluding hydrogens is 265 g/mol. The van der Waals surface area contributed by atoms with Gasteiger partial charge in [-0.1, -0.05) is 22.6 Å². The van der Waals surface area contributed by atoms with Gasteiger partial charge in [-0.15, -0.1) is 0 Å². The van der Waals surface area contributed by atoms with Crippen LogP contribution < -0.4 is 5.32 Å². The largest absolute Gasteiger partial charge is 0.311 e. The molecule has 0 spiro atoms. The molecule has 1 heterocycles. The first-order valence-corrected chi connectivity index (χ1v) is 5.60. The molecule has 1 aromatic heterocycles. The number of aromatic nitrogens is 2. The van der Waals surface area contributed by atoms with E-state index in [1.807, 2.05) is 24.0 Å². The average Bonchev–Trinajstić information content (AvgIpc) is 2.45. The van der Waals surface area contributed by atoms with Crippen molar-refractivity contribution in [2.75, 3.05) is 11.0 Å². The molecule has 0 atom stereocenters. The number of aryl methyl sites for hydroxylation is 1. The molecule has 0 amide bonds. The third-order valence-electron chi connectivity index (χ3n) is 1.56. The van der Waals surface area contributed by atoms with E-state index in [-0.39, 0.29) is 0 Å². The number of alkyl halides is 1. The lowest BCUT2D eigenvalue weighted by atomic mass is 10.4. The molecule has 0 unspecified atom stereocenters. The van der Waals surface area contributed by atoms with Gasteiger partial charge in [-0.3, -0.25) is 4.68 Å². The first-order valence-electron chi connectivity index (χ1n) is 4.08. The van der Waals surface area contributed by atoms with E-state index in [0.717, 1.165) is 18.8 Å². The topological polar surface area (TPSA) is 29.9 Å². The molecule has 1 N–H and O–H groups in total. The maximum atomic E-state index is 4.26. The molecule has 3 nitrogen and oxygen atoms in total. The number of nitrogens with one attached hydrogen (secondary N) is 1. The first-order chi connectivity index (χ1) is 5.83. The highest BCUT2D eigenvalue weighted by Crippen LogP contribution is 1.93. The fraction of sp³-hybridized carbons (Fsp3) is 0.625. The van der Waals surface area contributed by atoms with Crippen LogP contribution in [-0.2, 0) is 13.6 Å². The molecule has 0 aliphatic carbocycles. The Kier molecular flexibility index (Phi) is 4.60. The standard InChI is InChI=1S/C8H14IN3/c1-12-6-3-8(11-12)7-10-5-2-4-9/h3,6,10H,2,4-5,7H2,1H3. The predicted molar refractivity (Wildman–Crippen MR) is 58.4 cm³/mol. The Morgan fingerprint density at radius 3 is 3.08 bits per heavy atom. The van der Waals surface area contributed by atoms with Crippen molar-refractivity contribution in [3.05, 3.63) is 18.0 Å². The van der Waals surface area contributed by atoms with E-state index in [0.29, 0.717) is 0 Å². The monoisotopic (exact) mass is 279 g/mol. The van der Waals surface area contributed by atoms with Gasteiger partial charge in [-0.25, -0.2) is 0 Å². The van der Waals surface area contributed by atoms with Crippen LogP contribution in [0.1, 0.15) is 12.1 Å². The summed E-state index contributed by atoms with van der Waals surface area (Å²) in [5.74, 6) is 0. The Hall–Kier alpha value is -0.100. The van der Waals surface area contributed by atoms with E-state index in [4.69, 9.17) is 0 Å². The summed E-state index contributed by atoms with van der Waals surface area (Å²) in [5, 5.41) is 7.60. The molecule has 4 heteroatoms. The van der Waals surface area contributed by atoms with Crippen LogP contribution >= 0.6 is 22.6 Å². The van der Waals surface area contributed by atoms with E-state index >= 15 is 0 Å². The van der Waals surface area contributed by atoms with Crippen molar-refractivity contribution >= 4 is 22.6 Å². The summed E-state index contributed by atoms with van der Waals surface area (Å²) in [6.07, 6.45) is 3.20. The molecule has 0 bridgehead atoms. The fourth-order valence-electron chi connectivity index (χ4n) is 0.966. The number of nitrogens with zero attached hydrogens (tertiary/aromatic N) is 2. The molecule has 1 aromatic rings. The van der Waals surface area contributed by atoms with Gasteiger partial charge in [0.1, 0.15) is 0 Å². The van der Waals surface area contributed by atoms with E-state index < -0.39 is 0 Å². The second-order valence-corrected chi connectivity index (χ2v) is 3.78. The Balaban J connectivity index is 2.15. The summed E-state index contributed by atoms with van der Waals surface area (Å²) >= 11 is 2.39. The van der Waals surface area contributed by atoms with Crippen LogP contribution in [0.4, 0.5) is 0 Å². The van der Waals surface area contributed by atoms with Crippen LogP contribution in [0.2, 0.25) is 0 Å². The summed E-state index contributed by atoms with van der Waals surface area (Å²) in [7, 11) is 1.94. The van der Waals surface area contributed by atoms with Crippen molar-refractivity contribution in [2.45, 2.75) is 13.0 Å². The molecule has 1 rings (SSSR count). The van der Waals surface area contributed by atoms with Gasteiger partial charge in [-0.05, 0) is 19.0 Å². The van der Waals surface area contributed by atoms with Crippen molar-refractivity contribution < 1.29 is 0 Å². The second-order valence-electron chi connectivity index (χ2n) is 2.70. The summed E-state index contributed by atoms with van der Waals surface area (Å²) in [6.45, 7) is 1.97. The van der Waals surface area contributed by atoms with Crippen LogP contribution in [-0.4, -0.2) is 20.8 Å². The minimum absolute atomic E-state index is 0.886. The predicted octanol–water partition coefficient (Wildman–Crippen LogP) is 1.33. The van der Waals surface area contributed by atoms with Crippen LogP contribution in [0, 0.1) is 0 Å². The van der Waals surface area contributed by atoms with E-state index in [1.165, 1.54) is 10.8 Å². The summed E-state index contributed by atoms with van der Waals surface area (Å²) in [4.78, 5) is 0. The molecule has 0 saturated heterocycles. The lowest BCUT2D eigenvalue weighted by Gasteiger charge is -1.99. The third kappa shape index (κ3) is 3.53. The molecule has 0 aromatic carbocycles. The summed E-state index contributed by atoms with van der Waals surface area (Å²) < 4.78 is 3.04. The highest BCUT2D eigenvalue weighted by Gasteiger charge is 1.94. The van der Waals surface area contributed by atoms with Gasteiger partial charge >= 0.3 is 0 Å². The smallest absolute Gasteiger partial charge is 0.0762 e. The lowest BCUT2D eigenvalue weighted by molar-refractivity contribution is 0.650. The zero-order valence-corrected chi connectivity index (χ0v) is 9.41. The number of hydrogen-bond donors (Lipinski definition) is 1. The number of halogens is 1. The maximum Gasteiger partial charge on any atom is 0.0762 e. The number of hydrogen-bond acceptors (Lipinski definition) is 2. The Morgan fingerprint density at radius 2 is 2.50 bits per heavy atom.